The lowest BCUT2D eigenvalue weighted by Crippen LogP contribution is -1.93. The quantitative estimate of drug-likeness (QED) is 0.602. The largest absolute Gasteiger partial charge is 0.470 e. The Balaban J connectivity index is 2.39. The molecule has 0 aliphatic carbocycles. The third-order valence-electron chi connectivity index (χ3n) is 1.89. The SMILES string of the molecule is Bc1ccc(-c2ccc(C#N)cn2)o1. The van der Waals surface area contributed by atoms with Crippen LogP contribution in [0.2, 0.25) is 0 Å². The van der Waals surface area contributed by atoms with Crippen LogP contribution in [-0.4, -0.2) is 12.8 Å². The Morgan fingerprint density at radius 1 is 1.29 bits per heavy atom. The van der Waals surface area contributed by atoms with Crippen molar-refractivity contribution in [1.82, 2.24) is 4.98 Å². The molecule has 0 aliphatic rings. The highest BCUT2D eigenvalue weighted by Gasteiger charge is 2.02. The van der Waals surface area contributed by atoms with E-state index in [0.717, 1.165) is 17.1 Å². The Hall–Kier alpha value is -2.02. The molecule has 2 aromatic rings. The molecule has 0 fully saturated rings. The van der Waals surface area contributed by atoms with E-state index in [1.54, 1.807) is 12.1 Å². The molecule has 0 aromatic carbocycles. The van der Waals surface area contributed by atoms with Crippen LogP contribution in [0.3, 0.4) is 0 Å². The number of nitriles is 1. The molecule has 2 aromatic heterocycles. The maximum atomic E-state index is 8.59. The third kappa shape index (κ3) is 1.53. The molecule has 0 bridgehead atoms. The topological polar surface area (TPSA) is 49.8 Å². The second kappa shape index (κ2) is 3.39. The van der Waals surface area contributed by atoms with Crippen LogP contribution >= 0.6 is 0 Å². The normalized spacial score (nSPS) is 9.64. The molecular formula is C10H7BN2O. The van der Waals surface area contributed by atoms with Gasteiger partial charge in [0, 0.05) is 6.20 Å². The summed E-state index contributed by atoms with van der Waals surface area (Å²) in [5, 5.41) is 8.59. The molecule has 3 nitrogen and oxygen atoms in total. The van der Waals surface area contributed by atoms with Gasteiger partial charge in [-0.05, 0) is 24.3 Å². The summed E-state index contributed by atoms with van der Waals surface area (Å²) in [6.07, 6.45) is 1.53. The highest BCUT2D eigenvalue weighted by Crippen LogP contribution is 2.15. The van der Waals surface area contributed by atoms with E-state index in [0.29, 0.717) is 5.56 Å². The molecule has 14 heavy (non-hydrogen) atoms. The van der Waals surface area contributed by atoms with Crippen LogP contribution in [0.4, 0.5) is 0 Å². The number of hydrogen-bond donors (Lipinski definition) is 0. The molecule has 0 saturated heterocycles. The molecule has 0 unspecified atom stereocenters. The molecule has 4 heteroatoms. The molecule has 2 rings (SSSR count). The first kappa shape index (κ1) is 8.58. The lowest BCUT2D eigenvalue weighted by Gasteiger charge is -1.94. The van der Waals surface area contributed by atoms with Crippen LogP contribution in [0.5, 0.6) is 0 Å². The van der Waals surface area contributed by atoms with Crippen molar-refractivity contribution < 1.29 is 4.42 Å². The van der Waals surface area contributed by atoms with Crippen LogP contribution in [0, 0.1) is 11.3 Å². The number of rotatable bonds is 1. The van der Waals surface area contributed by atoms with E-state index < -0.39 is 0 Å². The lowest BCUT2D eigenvalue weighted by molar-refractivity contribution is 0.615. The van der Waals surface area contributed by atoms with Gasteiger partial charge in [-0.2, -0.15) is 5.26 Å². The summed E-state index contributed by atoms with van der Waals surface area (Å²) in [5.41, 5.74) is 2.15. The van der Waals surface area contributed by atoms with E-state index in [1.807, 2.05) is 26.0 Å². The molecule has 2 heterocycles. The summed E-state index contributed by atoms with van der Waals surface area (Å²) in [6.45, 7) is 0. The molecule has 0 radical (unpaired) electrons. The number of aromatic nitrogens is 1. The summed E-state index contributed by atoms with van der Waals surface area (Å²) >= 11 is 0. The van der Waals surface area contributed by atoms with Crippen molar-refractivity contribution in [3.63, 3.8) is 0 Å². The first-order valence-corrected chi connectivity index (χ1v) is 4.22. The van der Waals surface area contributed by atoms with Gasteiger partial charge in [0.1, 0.15) is 11.8 Å². The molecule has 0 spiro atoms. The minimum atomic E-state index is 0.553. The van der Waals surface area contributed by atoms with Crippen molar-refractivity contribution in [2.24, 2.45) is 0 Å². The average molecular weight is 182 g/mol. The van der Waals surface area contributed by atoms with Crippen LogP contribution in [-0.2, 0) is 0 Å². The van der Waals surface area contributed by atoms with Crippen molar-refractivity contribution in [2.75, 3.05) is 0 Å². The van der Waals surface area contributed by atoms with E-state index >= 15 is 0 Å². The Labute approximate surface area is 82.4 Å². The molecule has 0 N–H and O–H groups in total. The summed E-state index contributed by atoms with van der Waals surface area (Å²) in [7, 11) is 1.88. The molecule has 0 amide bonds. The van der Waals surface area contributed by atoms with Gasteiger partial charge in [-0.3, -0.25) is 4.98 Å². The highest BCUT2D eigenvalue weighted by molar-refractivity contribution is 6.29. The Morgan fingerprint density at radius 2 is 2.14 bits per heavy atom. The summed E-state index contributed by atoms with van der Waals surface area (Å²) in [5.74, 6) is 0.729. The van der Waals surface area contributed by atoms with Gasteiger partial charge < -0.3 is 4.42 Å². The molecule has 66 valence electrons. The highest BCUT2D eigenvalue weighted by atomic mass is 16.3. The summed E-state index contributed by atoms with van der Waals surface area (Å²) in [6, 6.07) is 9.26. The van der Waals surface area contributed by atoms with E-state index in [-0.39, 0.29) is 0 Å². The second-order valence-electron chi connectivity index (χ2n) is 2.95. The fourth-order valence-corrected chi connectivity index (χ4v) is 1.18. The Bertz CT molecular complexity index is 482. The molecule has 0 saturated carbocycles. The average Bonchev–Trinajstić information content (AvgIpc) is 2.65. The zero-order valence-electron chi connectivity index (χ0n) is 7.69. The van der Waals surface area contributed by atoms with Crippen LogP contribution < -0.4 is 5.66 Å². The van der Waals surface area contributed by atoms with Crippen molar-refractivity contribution in [2.45, 2.75) is 0 Å². The van der Waals surface area contributed by atoms with Crippen molar-refractivity contribution in [1.29, 1.82) is 5.26 Å². The fraction of sp³-hybridized carbons (Fsp3) is 0. The summed E-state index contributed by atoms with van der Waals surface area (Å²) < 4.78 is 5.40. The maximum Gasteiger partial charge on any atom is 0.186 e. The number of furan rings is 1. The molecule has 0 aliphatic heterocycles. The fourth-order valence-electron chi connectivity index (χ4n) is 1.18. The van der Waals surface area contributed by atoms with Crippen molar-refractivity contribution in [3.8, 4) is 17.5 Å². The minimum Gasteiger partial charge on any atom is -0.470 e. The van der Waals surface area contributed by atoms with Gasteiger partial charge in [0.2, 0.25) is 0 Å². The zero-order chi connectivity index (χ0) is 9.97. The van der Waals surface area contributed by atoms with Gasteiger partial charge in [0.05, 0.1) is 11.2 Å². The summed E-state index contributed by atoms with van der Waals surface area (Å²) in [4.78, 5) is 4.12. The van der Waals surface area contributed by atoms with Gasteiger partial charge >= 0.3 is 0 Å². The Kier molecular flexibility index (Phi) is 2.07. The first-order valence-electron chi connectivity index (χ1n) is 4.22. The van der Waals surface area contributed by atoms with Gasteiger partial charge in [0.15, 0.2) is 13.6 Å². The number of nitrogens with zero attached hydrogens (tertiary/aromatic N) is 2. The molecular weight excluding hydrogens is 175 g/mol. The van der Waals surface area contributed by atoms with Crippen LogP contribution in [0.25, 0.3) is 11.5 Å². The van der Waals surface area contributed by atoms with Gasteiger partial charge in [-0.25, -0.2) is 0 Å². The molecule has 0 atom stereocenters. The number of pyridine rings is 1. The van der Waals surface area contributed by atoms with E-state index in [1.165, 1.54) is 6.20 Å². The van der Waals surface area contributed by atoms with Gasteiger partial charge in [-0.1, -0.05) is 0 Å². The van der Waals surface area contributed by atoms with Crippen LogP contribution in [0.15, 0.2) is 34.9 Å². The first-order chi connectivity index (χ1) is 6.79. The maximum absolute atomic E-state index is 8.59. The number of hydrogen-bond acceptors (Lipinski definition) is 3. The second-order valence-corrected chi connectivity index (χ2v) is 2.95. The minimum absolute atomic E-state index is 0.553. The van der Waals surface area contributed by atoms with E-state index in [4.69, 9.17) is 9.68 Å². The predicted octanol–water partition coefficient (Wildman–Crippen LogP) is 0.472. The predicted molar refractivity (Wildman–Crippen MR) is 54.8 cm³/mol. The van der Waals surface area contributed by atoms with Gasteiger partial charge in [-0.15, -0.1) is 0 Å². The standard InChI is InChI=1S/C10H7BN2O/c11-10-4-3-9(14-10)8-2-1-7(5-12)6-13-8/h1-4,6H,11H2. The van der Waals surface area contributed by atoms with Crippen LogP contribution in [0.1, 0.15) is 5.56 Å². The lowest BCUT2D eigenvalue weighted by atomic mass is 10.1. The monoisotopic (exact) mass is 182 g/mol. The van der Waals surface area contributed by atoms with Gasteiger partial charge in [0.25, 0.3) is 0 Å². The van der Waals surface area contributed by atoms with E-state index in [9.17, 15) is 0 Å². The van der Waals surface area contributed by atoms with Crippen molar-refractivity contribution in [3.05, 3.63) is 36.0 Å². The zero-order valence-corrected chi connectivity index (χ0v) is 7.69. The van der Waals surface area contributed by atoms with E-state index in [2.05, 4.69) is 4.98 Å². The third-order valence-corrected chi connectivity index (χ3v) is 1.89. The van der Waals surface area contributed by atoms with Crippen molar-refractivity contribution >= 4 is 13.5 Å². The smallest absolute Gasteiger partial charge is 0.186 e. The Morgan fingerprint density at radius 3 is 2.64 bits per heavy atom.